The normalized spacial score (nSPS) is 12.5. The Morgan fingerprint density at radius 1 is 0.263 bits per heavy atom. The van der Waals surface area contributed by atoms with Crippen LogP contribution in [0.15, 0.2) is 72.9 Å². The van der Waals surface area contributed by atoms with Gasteiger partial charge in [-0.2, -0.15) is 0 Å². The third-order valence-corrected chi connectivity index (χ3v) is 15.5. The summed E-state index contributed by atoms with van der Waals surface area (Å²) < 4.78 is 16.8. The fourth-order valence-electron chi connectivity index (χ4n) is 10.3. The van der Waals surface area contributed by atoms with Crippen molar-refractivity contribution >= 4 is 17.9 Å². The average molecular weight is 1120 g/mol. The zero-order chi connectivity index (χ0) is 57.8. The molecule has 0 saturated heterocycles. The lowest BCUT2D eigenvalue weighted by atomic mass is 10.0. The summed E-state index contributed by atoms with van der Waals surface area (Å²) in [5.41, 5.74) is 0. The quantitative estimate of drug-likeness (QED) is 0.0261. The van der Waals surface area contributed by atoms with E-state index in [1.807, 2.05) is 0 Å². The van der Waals surface area contributed by atoms with Crippen molar-refractivity contribution in [3.05, 3.63) is 72.9 Å². The second-order valence-electron chi connectivity index (χ2n) is 23.4. The molecule has 0 rings (SSSR count). The van der Waals surface area contributed by atoms with E-state index in [1.54, 1.807) is 0 Å². The van der Waals surface area contributed by atoms with Crippen molar-refractivity contribution < 1.29 is 28.6 Å². The number of rotatable bonds is 64. The van der Waals surface area contributed by atoms with Crippen molar-refractivity contribution in [2.75, 3.05) is 13.2 Å². The topological polar surface area (TPSA) is 78.9 Å². The number of unbranched alkanes of at least 4 members (excludes halogenated alkanes) is 41. The van der Waals surface area contributed by atoms with Crippen LogP contribution < -0.4 is 0 Å². The number of esters is 3. The smallest absolute Gasteiger partial charge is 0.306 e. The van der Waals surface area contributed by atoms with Gasteiger partial charge < -0.3 is 14.2 Å². The first-order chi connectivity index (χ1) is 39.5. The van der Waals surface area contributed by atoms with Gasteiger partial charge in [-0.05, 0) is 70.6 Å². The van der Waals surface area contributed by atoms with Crippen LogP contribution >= 0.6 is 0 Å². The Balaban J connectivity index is 3.97. The molecule has 0 radical (unpaired) electrons. The molecule has 0 aliphatic carbocycles. The molecule has 0 N–H and O–H groups in total. The lowest BCUT2D eigenvalue weighted by Gasteiger charge is -2.18. The van der Waals surface area contributed by atoms with Gasteiger partial charge in [0.05, 0.1) is 0 Å². The molecule has 0 aromatic rings. The maximum absolute atomic E-state index is 12.8. The first kappa shape index (κ1) is 76.9. The van der Waals surface area contributed by atoms with Crippen molar-refractivity contribution in [1.82, 2.24) is 0 Å². The van der Waals surface area contributed by atoms with Gasteiger partial charge in [0.1, 0.15) is 13.2 Å². The van der Waals surface area contributed by atoms with E-state index < -0.39 is 6.10 Å². The molecule has 0 aromatic carbocycles. The predicted octanol–water partition coefficient (Wildman–Crippen LogP) is 24.1. The van der Waals surface area contributed by atoms with Crippen molar-refractivity contribution in [1.29, 1.82) is 0 Å². The van der Waals surface area contributed by atoms with E-state index in [0.717, 1.165) is 89.9 Å². The molecule has 1 atom stereocenters. The van der Waals surface area contributed by atoms with Crippen LogP contribution in [-0.4, -0.2) is 37.2 Å². The van der Waals surface area contributed by atoms with E-state index in [9.17, 15) is 14.4 Å². The molecule has 0 bridgehead atoms. The second kappa shape index (κ2) is 68.3. The molecule has 0 aromatic heterocycles. The molecule has 0 aliphatic heterocycles. The highest BCUT2D eigenvalue weighted by atomic mass is 16.6. The van der Waals surface area contributed by atoms with Gasteiger partial charge in [0.2, 0.25) is 0 Å². The third-order valence-electron chi connectivity index (χ3n) is 15.5. The van der Waals surface area contributed by atoms with Crippen LogP contribution in [0.3, 0.4) is 0 Å². The molecule has 0 spiro atoms. The maximum atomic E-state index is 12.8. The SMILES string of the molecule is CC/C=C\C/C=C\C/C=C\C/C=C\C/C=C\C/C=C\CCCCC(=O)OC(COC(=O)CCCCCCCC)COC(=O)CCCCCCCCCCCCCCCCCCCCCCCCCCCCCCCCCCCCC. The molecule has 80 heavy (non-hydrogen) atoms. The molecule has 464 valence electrons. The summed E-state index contributed by atoms with van der Waals surface area (Å²) in [4.78, 5) is 38.0. The van der Waals surface area contributed by atoms with Crippen molar-refractivity contribution in [2.45, 2.75) is 367 Å². The Morgan fingerprint density at radius 3 is 0.762 bits per heavy atom. The lowest BCUT2D eigenvalue weighted by molar-refractivity contribution is -0.167. The fourth-order valence-corrected chi connectivity index (χ4v) is 10.3. The highest BCUT2D eigenvalue weighted by molar-refractivity contribution is 5.71. The Bertz CT molecular complexity index is 1470. The lowest BCUT2D eigenvalue weighted by Crippen LogP contribution is -2.30. The molecule has 1 unspecified atom stereocenters. The maximum Gasteiger partial charge on any atom is 0.306 e. The molecular formula is C74H132O6. The summed E-state index contributed by atoms with van der Waals surface area (Å²) >= 11 is 0. The highest BCUT2D eigenvalue weighted by Gasteiger charge is 2.19. The monoisotopic (exact) mass is 1120 g/mol. The van der Waals surface area contributed by atoms with Gasteiger partial charge in [-0.15, -0.1) is 0 Å². The second-order valence-corrected chi connectivity index (χ2v) is 23.4. The van der Waals surface area contributed by atoms with Crippen LogP contribution in [0.25, 0.3) is 0 Å². The van der Waals surface area contributed by atoms with E-state index in [4.69, 9.17) is 14.2 Å². The van der Waals surface area contributed by atoms with Crippen LogP contribution in [0.1, 0.15) is 361 Å². The first-order valence-corrected chi connectivity index (χ1v) is 34.9. The standard InChI is InChI=1S/C74H132O6/c1-4-7-10-13-16-18-20-22-24-26-28-30-31-32-33-34-35-36-37-38-39-40-41-42-43-45-46-48-50-52-54-56-58-61-64-67-73(76)79-70-71(69-78-72(75)66-63-60-15-12-9-6-3)80-74(77)68-65-62-59-57-55-53-51-49-47-44-29-27-25-23-21-19-17-14-11-8-5-2/h8,11,17,19,23,25,29,44,49,51,55,57,71H,4-7,9-10,12-16,18,20-22,24,26-28,30-43,45-48,50,52-54,56,58-70H2,1-3H3/b11-8-,19-17-,25-23-,44-29-,51-49-,57-55-. The van der Waals surface area contributed by atoms with Crippen LogP contribution in [-0.2, 0) is 28.6 Å². The van der Waals surface area contributed by atoms with Crippen LogP contribution in [0, 0.1) is 0 Å². The molecule has 0 aliphatic rings. The summed E-state index contributed by atoms with van der Waals surface area (Å²) in [6.07, 6.45) is 90.0. The van der Waals surface area contributed by atoms with Crippen LogP contribution in [0.5, 0.6) is 0 Å². The molecule has 6 nitrogen and oxygen atoms in total. The van der Waals surface area contributed by atoms with Gasteiger partial charge in [0.25, 0.3) is 0 Å². The summed E-state index contributed by atoms with van der Waals surface area (Å²) in [7, 11) is 0. The molecular weight excluding hydrogens is 985 g/mol. The summed E-state index contributed by atoms with van der Waals surface area (Å²) in [5, 5.41) is 0. The number of allylic oxidation sites excluding steroid dienone is 12. The van der Waals surface area contributed by atoms with Crippen molar-refractivity contribution in [3.8, 4) is 0 Å². The summed E-state index contributed by atoms with van der Waals surface area (Å²) in [6, 6.07) is 0. The predicted molar refractivity (Wildman–Crippen MR) is 348 cm³/mol. The van der Waals surface area contributed by atoms with Gasteiger partial charge in [0.15, 0.2) is 6.10 Å². The Morgan fingerprint density at radius 2 is 0.487 bits per heavy atom. The van der Waals surface area contributed by atoms with Gasteiger partial charge in [-0.1, -0.05) is 344 Å². The van der Waals surface area contributed by atoms with Gasteiger partial charge in [0, 0.05) is 19.3 Å². The van der Waals surface area contributed by atoms with Crippen LogP contribution in [0.2, 0.25) is 0 Å². The van der Waals surface area contributed by atoms with Crippen LogP contribution in [0.4, 0.5) is 0 Å². The number of hydrogen-bond acceptors (Lipinski definition) is 6. The molecule has 0 heterocycles. The number of hydrogen-bond donors (Lipinski definition) is 0. The highest BCUT2D eigenvalue weighted by Crippen LogP contribution is 2.18. The van der Waals surface area contributed by atoms with Gasteiger partial charge >= 0.3 is 17.9 Å². The molecule has 0 amide bonds. The van der Waals surface area contributed by atoms with Crippen molar-refractivity contribution in [2.24, 2.45) is 0 Å². The molecule has 0 saturated carbocycles. The van der Waals surface area contributed by atoms with Gasteiger partial charge in [-0.25, -0.2) is 0 Å². The molecule has 6 heteroatoms. The minimum atomic E-state index is -0.795. The zero-order valence-corrected chi connectivity index (χ0v) is 53.3. The van der Waals surface area contributed by atoms with E-state index in [1.165, 1.54) is 225 Å². The Hall–Kier alpha value is -3.15. The fraction of sp³-hybridized carbons (Fsp3) is 0.797. The van der Waals surface area contributed by atoms with E-state index in [0.29, 0.717) is 19.3 Å². The number of ether oxygens (including phenoxy) is 3. The minimum absolute atomic E-state index is 0.0902. The minimum Gasteiger partial charge on any atom is -0.462 e. The summed E-state index contributed by atoms with van der Waals surface area (Å²) in [5.74, 6) is -0.930. The number of carbonyl (C=O) groups excluding carboxylic acids is 3. The van der Waals surface area contributed by atoms with Gasteiger partial charge in [-0.3, -0.25) is 14.4 Å². The average Bonchev–Trinajstić information content (AvgIpc) is 3.46. The number of carbonyl (C=O) groups is 3. The van der Waals surface area contributed by atoms with E-state index >= 15 is 0 Å². The third kappa shape index (κ3) is 65.7. The van der Waals surface area contributed by atoms with E-state index in [2.05, 4.69) is 93.7 Å². The summed E-state index contributed by atoms with van der Waals surface area (Å²) in [6.45, 7) is 6.47. The molecule has 0 fully saturated rings. The van der Waals surface area contributed by atoms with Crippen molar-refractivity contribution in [3.63, 3.8) is 0 Å². The Kier molecular flexibility index (Phi) is 65.7. The Labute approximate surface area is 497 Å². The van der Waals surface area contributed by atoms with E-state index in [-0.39, 0.29) is 37.5 Å². The zero-order valence-electron chi connectivity index (χ0n) is 53.3. The first-order valence-electron chi connectivity index (χ1n) is 34.9. The largest absolute Gasteiger partial charge is 0.462 e.